The molecule has 0 radical (unpaired) electrons. The molecule has 1 aliphatic rings. The van der Waals surface area contributed by atoms with Gasteiger partial charge in [-0.2, -0.15) is 12.6 Å². The first-order chi connectivity index (χ1) is 6.52. The maximum absolute atomic E-state index is 11.3. The van der Waals surface area contributed by atoms with E-state index in [0.29, 0.717) is 6.42 Å². The first-order valence-corrected chi connectivity index (χ1v) is 4.84. The fourth-order valence-corrected chi connectivity index (χ4v) is 1.61. The second kappa shape index (κ2) is 4.45. The Morgan fingerprint density at radius 1 is 1.57 bits per heavy atom. The summed E-state index contributed by atoms with van der Waals surface area (Å²) in [6, 6.07) is 0. The molecular weight excluding hydrogens is 204 g/mol. The number of nitrogens with two attached hydrogens (primary N) is 1. The van der Waals surface area contributed by atoms with Crippen molar-refractivity contribution in [3.05, 3.63) is 0 Å². The van der Waals surface area contributed by atoms with Crippen molar-refractivity contribution in [2.75, 3.05) is 6.54 Å². The highest BCUT2D eigenvalue weighted by Gasteiger charge is 2.35. The normalized spacial score (nSPS) is 21.8. The van der Waals surface area contributed by atoms with Crippen molar-refractivity contribution in [2.45, 2.75) is 24.5 Å². The molecule has 0 spiro atoms. The maximum atomic E-state index is 11.3. The highest BCUT2D eigenvalue weighted by Crippen LogP contribution is 2.17. The predicted molar refractivity (Wildman–Crippen MR) is 52.5 cm³/mol. The van der Waals surface area contributed by atoms with Gasteiger partial charge < -0.3 is 5.73 Å². The van der Waals surface area contributed by atoms with E-state index in [9.17, 15) is 14.4 Å². The first-order valence-electron chi connectivity index (χ1n) is 4.33. The molecule has 3 amide bonds. The van der Waals surface area contributed by atoms with Gasteiger partial charge in [-0.15, -0.1) is 0 Å². The minimum atomic E-state index is -0.518. The zero-order valence-electron chi connectivity index (χ0n) is 7.60. The lowest BCUT2D eigenvalue weighted by atomic mass is 10.3. The molecule has 0 aromatic rings. The summed E-state index contributed by atoms with van der Waals surface area (Å²) in [7, 11) is 0. The van der Waals surface area contributed by atoms with Gasteiger partial charge in [0.15, 0.2) is 0 Å². The zero-order chi connectivity index (χ0) is 10.7. The van der Waals surface area contributed by atoms with Gasteiger partial charge in [0.05, 0.1) is 5.25 Å². The standard InChI is InChI=1S/C8H12N2O3S/c9-6(11)2-1-3-10-7(12)4-5(14)8(10)13/h5,14H,1-4H2,(H2,9,11). The number of carbonyl (C=O) groups excluding carboxylic acids is 3. The number of carbonyl (C=O) groups is 3. The Hall–Kier alpha value is -1.04. The summed E-state index contributed by atoms with van der Waals surface area (Å²) in [6.07, 6.45) is 0.764. The van der Waals surface area contributed by atoms with E-state index in [1.54, 1.807) is 0 Å². The summed E-state index contributed by atoms with van der Waals surface area (Å²) in [5, 5.41) is -0.518. The number of amides is 3. The van der Waals surface area contributed by atoms with Crippen LogP contribution in [0.15, 0.2) is 0 Å². The van der Waals surface area contributed by atoms with Crippen molar-refractivity contribution in [1.82, 2.24) is 4.90 Å². The Morgan fingerprint density at radius 3 is 2.64 bits per heavy atom. The third-order valence-corrected chi connectivity index (χ3v) is 2.43. The molecule has 1 rings (SSSR count). The Morgan fingerprint density at radius 2 is 2.21 bits per heavy atom. The lowest BCUT2D eigenvalue weighted by Crippen LogP contribution is -2.32. The van der Waals surface area contributed by atoms with Gasteiger partial charge in [-0.05, 0) is 6.42 Å². The Balaban J connectivity index is 2.41. The average Bonchev–Trinajstić information content (AvgIpc) is 2.31. The molecule has 0 aromatic heterocycles. The largest absolute Gasteiger partial charge is 0.370 e. The van der Waals surface area contributed by atoms with Gasteiger partial charge in [0.1, 0.15) is 0 Å². The second-order valence-corrected chi connectivity index (χ2v) is 3.80. The third-order valence-electron chi connectivity index (χ3n) is 2.03. The Kier molecular flexibility index (Phi) is 3.51. The van der Waals surface area contributed by atoms with Crippen LogP contribution in [0.1, 0.15) is 19.3 Å². The van der Waals surface area contributed by atoms with Gasteiger partial charge in [0, 0.05) is 19.4 Å². The van der Waals surface area contributed by atoms with Crippen molar-refractivity contribution in [3.63, 3.8) is 0 Å². The zero-order valence-corrected chi connectivity index (χ0v) is 8.50. The van der Waals surface area contributed by atoms with E-state index in [0.717, 1.165) is 4.90 Å². The van der Waals surface area contributed by atoms with Crippen molar-refractivity contribution < 1.29 is 14.4 Å². The van der Waals surface area contributed by atoms with Crippen LogP contribution in [0.2, 0.25) is 0 Å². The smallest absolute Gasteiger partial charge is 0.242 e. The fourth-order valence-electron chi connectivity index (χ4n) is 1.31. The lowest BCUT2D eigenvalue weighted by Gasteiger charge is -2.12. The van der Waals surface area contributed by atoms with E-state index < -0.39 is 11.2 Å². The molecule has 2 N–H and O–H groups in total. The van der Waals surface area contributed by atoms with Crippen molar-refractivity contribution in [2.24, 2.45) is 5.73 Å². The number of primary amides is 1. The van der Waals surface area contributed by atoms with Crippen molar-refractivity contribution in [3.8, 4) is 0 Å². The lowest BCUT2D eigenvalue weighted by molar-refractivity contribution is -0.138. The number of thiol groups is 1. The van der Waals surface area contributed by atoms with Crippen molar-refractivity contribution >= 4 is 30.4 Å². The first kappa shape index (κ1) is 11.0. The average molecular weight is 216 g/mol. The number of hydrogen-bond acceptors (Lipinski definition) is 4. The SMILES string of the molecule is NC(=O)CCCN1C(=O)CC(S)C1=O. The number of hydrogen-bond donors (Lipinski definition) is 2. The Bertz CT molecular complexity index is 280. The summed E-state index contributed by atoms with van der Waals surface area (Å²) in [5.41, 5.74) is 4.93. The molecule has 14 heavy (non-hydrogen) atoms. The monoisotopic (exact) mass is 216 g/mol. The van der Waals surface area contributed by atoms with Gasteiger partial charge in [-0.1, -0.05) is 0 Å². The highest BCUT2D eigenvalue weighted by atomic mass is 32.1. The van der Waals surface area contributed by atoms with Crippen LogP contribution in [0.4, 0.5) is 0 Å². The van der Waals surface area contributed by atoms with Gasteiger partial charge >= 0.3 is 0 Å². The molecular formula is C8H12N2O3S. The van der Waals surface area contributed by atoms with Crippen LogP contribution < -0.4 is 5.73 Å². The van der Waals surface area contributed by atoms with Crippen LogP contribution in [0.5, 0.6) is 0 Å². The quantitative estimate of drug-likeness (QED) is 0.482. The number of likely N-dealkylation sites (tertiary alicyclic amines) is 1. The van der Waals surface area contributed by atoms with E-state index in [4.69, 9.17) is 5.73 Å². The predicted octanol–water partition coefficient (Wildman–Crippen LogP) is -0.691. The van der Waals surface area contributed by atoms with Crippen LogP contribution in [0.3, 0.4) is 0 Å². The molecule has 1 atom stereocenters. The Labute approximate surface area is 87.0 Å². The summed E-state index contributed by atoms with van der Waals surface area (Å²) < 4.78 is 0. The molecule has 78 valence electrons. The molecule has 1 heterocycles. The number of rotatable bonds is 4. The van der Waals surface area contributed by atoms with Gasteiger partial charge in [0.2, 0.25) is 17.7 Å². The number of imide groups is 1. The minimum absolute atomic E-state index is 0.151. The molecule has 0 bridgehead atoms. The second-order valence-electron chi connectivity index (χ2n) is 3.17. The molecule has 1 unspecified atom stereocenters. The van der Waals surface area contributed by atoms with E-state index in [-0.39, 0.29) is 31.2 Å². The van der Waals surface area contributed by atoms with Crippen LogP contribution in [-0.2, 0) is 14.4 Å². The molecule has 1 saturated heterocycles. The van der Waals surface area contributed by atoms with Crippen molar-refractivity contribution in [1.29, 1.82) is 0 Å². The summed E-state index contributed by atoms with van der Waals surface area (Å²) >= 11 is 3.96. The molecule has 0 aromatic carbocycles. The van der Waals surface area contributed by atoms with Crippen LogP contribution >= 0.6 is 12.6 Å². The maximum Gasteiger partial charge on any atom is 0.242 e. The molecule has 5 nitrogen and oxygen atoms in total. The third kappa shape index (κ3) is 2.47. The van der Waals surface area contributed by atoms with E-state index in [1.165, 1.54) is 0 Å². The van der Waals surface area contributed by atoms with Crippen LogP contribution in [0, 0.1) is 0 Å². The topological polar surface area (TPSA) is 80.5 Å². The molecule has 6 heteroatoms. The number of nitrogens with zero attached hydrogens (tertiary/aromatic N) is 1. The van der Waals surface area contributed by atoms with E-state index >= 15 is 0 Å². The highest BCUT2D eigenvalue weighted by molar-refractivity contribution is 7.81. The fraction of sp³-hybridized carbons (Fsp3) is 0.625. The van der Waals surface area contributed by atoms with E-state index in [1.807, 2.05) is 0 Å². The summed E-state index contributed by atoms with van der Waals surface area (Å²) in [6.45, 7) is 0.262. The van der Waals surface area contributed by atoms with Crippen LogP contribution in [0.25, 0.3) is 0 Å². The molecule has 0 saturated carbocycles. The summed E-state index contributed by atoms with van der Waals surface area (Å²) in [5.74, 6) is -0.922. The van der Waals surface area contributed by atoms with Gasteiger partial charge in [-0.3, -0.25) is 19.3 Å². The minimum Gasteiger partial charge on any atom is -0.370 e. The molecule has 1 fully saturated rings. The molecule has 1 aliphatic heterocycles. The van der Waals surface area contributed by atoms with Crippen LogP contribution in [-0.4, -0.2) is 34.4 Å². The summed E-state index contributed by atoms with van der Waals surface area (Å²) in [4.78, 5) is 34.1. The van der Waals surface area contributed by atoms with Gasteiger partial charge in [0.25, 0.3) is 0 Å². The van der Waals surface area contributed by atoms with E-state index in [2.05, 4.69) is 12.6 Å². The van der Waals surface area contributed by atoms with Gasteiger partial charge in [-0.25, -0.2) is 0 Å². The molecule has 0 aliphatic carbocycles.